The van der Waals surface area contributed by atoms with Crippen molar-refractivity contribution in [2.24, 2.45) is 0 Å². The van der Waals surface area contributed by atoms with E-state index < -0.39 is 0 Å². The van der Waals surface area contributed by atoms with Gasteiger partial charge in [0.05, 0.1) is 11.8 Å². The molecule has 2 aromatic heterocycles. The summed E-state index contributed by atoms with van der Waals surface area (Å²) in [5.41, 5.74) is 1.04. The predicted octanol–water partition coefficient (Wildman–Crippen LogP) is 3.73. The maximum atomic E-state index is 12.2. The van der Waals surface area contributed by atoms with Crippen molar-refractivity contribution in [3.05, 3.63) is 65.1 Å². The van der Waals surface area contributed by atoms with Gasteiger partial charge in [-0.2, -0.15) is 0 Å². The van der Waals surface area contributed by atoms with Crippen LogP contribution in [-0.2, 0) is 11.3 Å². The molecule has 0 saturated heterocycles. The molecule has 0 aliphatic heterocycles. The number of nitrogens with zero attached hydrogens (tertiary/aromatic N) is 2. The molecule has 6 heteroatoms. The maximum absolute atomic E-state index is 12.2. The van der Waals surface area contributed by atoms with E-state index in [9.17, 15) is 4.79 Å². The molecule has 0 aliphatic carbocycles. The molecule has 0 bridgehead atoms. The minimum atomic E-state index is -0.208. The highest BCUT2D eigenvalue weighted by Gasteiger charge is 2.17. The van der Waals surface area contributed by atoms with Crippen LogP contribution >= 0.6 is 23.1 Å². The molecule has 1 atom stereocenters. The molecule has 3 rings (SSSR count). The van der Waals surface area contributed by atoms with Crippen molar-refractivity contribution in [3.63, 3.8) is 0 Å². The van der Waals surface area contributed by atoms with Crippen LogP contribution < -0.4 is 5.32 Å². The number of para-hydroxylation sites is 1. The molecule has 0 spiro atoms. The van der Waals surface area contributed by atoms with Gasteiger partial charge in [-0.15, -0.1) is 11.3 Å². The standard InChI is InChI=1S/C17H17N3OS2/c1-13(16(21)19-12-15-8-5-11-22-15)23-17-18-9-10-20(17)14-6-3-2-4-7-14/h2-11,13H,12H2,1H3,(H,19,21)/t13-/m0/s1. The molecule has 0 aliphatic rings. The molecule has 1 N–H and O–H groups in total. The van der Waals surface area contributed by atoms with Crippen LogP contribution in [-0.4, -0.2) is 20.7 Å². The summed E-state index contributed by atoms with van der Waals surface area (Å²) in [6, 6.07) is 14.0. The Morgan fingerprint density at radius 2 is 2.13 bits per heavy atom. The molecule has 23 heavy (non-hydrogen) atoms. The van der Waals surface area contributed by atoms with Gasteiger partial charge in [-0.05, 0) is 30.5 Å². The Kier molecular flexibility index (Phi) is 5.15. The molecule has 1 aromatic carbocycles. The largest absolute Gasteiger partial charge is 0.350 e. The normalized spacial score (nSPS) is 12.0. The SMILES string of the molecule is C[C@H](Sc1nccn1-c1ccccc1)C(=O)NCc1cccs1. The fourth-order valence-corrected chi connectivity index (χ4v) is 3.66. The van der Waals surface area contributed by atoms with E-state index in [4.69, 9.17) is 0 Å². The summed E-state index contributed by atoms with van der Waals surface area (Å²) in [4.78, 5) is 17.8. The second-order valence-corrected chi connectivity index (χ2v) is 7.31. The Morgan fingerprint density at radius 1 is 1.30 bits per heavy atom. The fraction of sp³-hybridized carbons (Fsp3) is 0.176. The second kappa shape index (κ2) is 7.48. The van der Waals surface area contributed by atoms with Crippen molar-refractivity contribution >= 4 is 29.0 Å². The first kappa shape index (κ1) is 15.8. The number of benzene rings is 1. The molecule has 118 valence electrons. The van der Waals surface area contributed by atoms with Gasteiger partial charge in [-0.25, -0.2) is 4.98 Å². The van der Waals surface area contributed by atoms with Gasteiger partial charge in [0.1, 0.15) is 0 Å². The number of thiophene rings is 1. The number of imidazole rings is 1. The Morgan fingerprint density at radius 3 is 2.87 bits per heavy atom. The van der Waals surface area contributed by atoms with Gasteiger partial charge in [0.25, 0.3) is 0 Å². The van der Waals surface area contributed by atoms with Gasteiger partial charge in [-0.3, -0.25) is 9.36 Å². The highest BCUT2D eigenvalue weighted by Crippen LogP contribution is 2.24. The number of hydrogen-bond acceptors (Lipinski definition) is 4. The zero-order valence-corrected chi connectivity index (χ0v) is 14.3. The molecule has 3 aromatic rings. The molecular formula is C17H17N3OS2. The number of carbonyl (C=O) groups excluding carboxylic acids is 1. The Hall–Kier alpha value is -2.05. The number of aromatic nitrogens is 2. The minimum Gasteiger partial charge on any atom is -0.350 e. The molecule has 4 nitrogen and oxygen atoms in total. The van der Waals surface area contributed by atoms with Crippen molar-refractivity contribution in [3.8, 4) is 5.69 Å². The maximum Gasteiger partial charge on any atom is 0.233 e. The number of nitrogens with one attached hydrogen (secondary N) is 1. The van der Waals surface area contributed by atoms with E-state index in [1.165, 1.54) is 11.8 Å². The lowest BCUT2D eigenvalue weighted by atomic mass is 10.3. The summed E-state index contributed by atoms with van der Waals surface area (Å²) in [6.45, 7) is 2.48. The summed E-state index contributed by atoms with van der Waals surface area (Å²) in [5.74, 6) is 0.0195. The van der Waals surface area contributed by atoms with Crippen LogP contribution in [0.1, 0.15) is 11.8 Å². The van der Waals surface area contributed by atoms with Gasteiger partial charge >= 0.3 is 0 Å². The summed E-state index contributed by atoms with van der Waals surface area (Å²) >= 11 is 3.10. The van der Waals surface area contributed by atoms with E-state index in [0.717, 1.165) is 15.7 Å². The topological polar surface area (TPSA) is 46.9 Å². The molecule has 1 amide bonds. The molecule has 0 saturated carbocycles. The highest BCUT2D eigenvalue weighted by atomic mass is 32.2. The molecule has 0 radical (unpaired) electrons. The van der Waals surface area contributed by atoms with Crippen molar-refractivity contribution in [2.75, 3.05) is 0 Å². The smallest absolute Gasteiger partial charge is 0.233 e. The average Bonchev–Trinajstić information content (AvgIpc) is 3.25. The highest BCUT2D eigenvalue weighted by molar-refractivity contribution is 8.00. The first-order valence-corrected chi connectivity index (χ1v) is 9.05. The summed E-state index contributed by atoms with van der Waals surface area (Å²) < 4.78 is 1.99. The lowest BCUT2D eigenvalue weighted by molar-refractivity contribution is -0.120. The predicted molar refractivity (Wildman–Crippen MR) is 95.0 cm³/mol. The summed E-state index contributed by atoms with van der Waals surface area (Å²) in [5, 5.41) is 5.59. The van der Waals surface area contributed by atoms with E-state index in [1.54, 1.807) is 17.5 Å². The average molecular weight is 343 g/mol. The molecule has 2 heterocycles. The zero-order chi connectivity index (χ0) is 16.1. The van der Waals surface area contributed by atoms with Gasteiger partial charge in [-0.1, -0.05) is 36.0 Å². The third-order valence-corrected chi connectivity index (χ3v) is 5.27. The van der Waals surface area contributed by atoms with Gasteiger partial charge in [0.2, 0.25) is 5.91 Å². The number of hydrogen-bond donors (Lipinski definition) is 1. The van der Waals surface area contributed by atoms with Gasteiger partial charge in [0, 0.05) is 23.0 Å². The van der Waals surface area contributed by atoms with E-state index in [1.807, 2.05) is 65.5 Å². The Balaban J connectivity index is 1.63. The summed E-state index contributed by atoms with van der Waals surface area (Å²) in [7, 11) is 0. The quantitative estimate of drug-likeness (QED) is 0.694. The van der Waals surface area contributed by atoms with Gasteiger partial charge < -0.3 is 5.32 Å². The third kappa shape index (κ3) is 4.03. The number of rotatable bonds is 6. The van der Waals surface area contributed by atoms with Crippen LogP contribution in [0.4, 0.5) is 0 Å². The first-order chi connectivity index (χ1) is 11.2. The van der Waals surface area contributed by atoms with Crippen molar-refractivity contribution in [1.29, 1.82) is 0 Å². The molecule has 0 fully saturated rings. The fourth-order valence-electron chi connectivity index (χ4n) is 2.10. The van der Waals surface area contributed by atoms with Crippen LogP contribution in [0.25, 0.3) is 5.69 Å². The number of amides is 1. The molecular weight excluding hydrogens is 326 g/mol. The van der Waals surface area contributed by atoms with E-state index in [0.29, 0.717) is 6.54 Å². The lowest BCUT2D eigenvalue weighted by Crippen LogP contribution is -2.30. The van der Waals surface area contributed by atoms with Crippen molar-refractivity contribution in [1.82, 2.24) is 14.9 Å². The zero-order valence-electron chi connectivity index (χ0n) is 12.7. The van der Waals surface area contributed by atoms with Gasteiger partial charge in [0.15, 0.2) is 5.16 Å². The summed E-state index contributed by atoms with van der Waals surface area (Å²) in [6.07, 6.45) is 3.67. The molecule has 0 unspecified atom stereocenters. The first-order valence-electron chi connectivity index (χ1n) is 7.29. The lowest BCUT2D eigenvalue weighted by Gasteiger charge is -2.12. The van der Waals surface area contributed by atoms with Crippen LogP contribution in [0, 0.1) is 0 Å². The van der Waals surface area contributed by atoms with Crippen LogP contribution in [0.15, 0.2) is 65.4 Å². The van der Waals surface area contributed by atoms with Crippen LogP contribution in [0.2, 0.25) is 0 Å². The van der Waals surface area contributed by atoms with E-state index in [-0.39, 0.29) is 11.2 Å². The van der Waals surface area contributed by atoms with E-state index in [2.05, 4.69) is 10.3 Å². The number of thioether (sulfide) groups is 1. The van der Waals surface area contributed by atoms with Crippen molar-refractivity contribution < 1.29 is 4.79 Å². The minimum absolute atomic E-state index is 0.0195. The Bertz CT molecular complexity index is 753. The monoisotopic (exact) mass is 343 g/mol. The van der Waals surface area contributed by atoms with E-state index >= 15 is 0 Å². The van der Waals surface area contributed by atoms with Crippen molar-refractivity contribution in [2.45, 2.75) is 23.9 Å². The second-order valence-electron chi connectivity index (χ2n) is 4.97. The Labute approximate surface area is 143 Å². The van der Waals surface area contributed by atoms with Crippen LogP contribution in [0.5, 0.6) is 0 Å². The third-order valence-electron chi connectivity index (χ3n) is 3.31. The number of carbonyl (C=O) groups is 1. The van der Waals surface area contributed by atoms with Crippen LogP contribution in [0.3, 0.4) is 0 Å².